The lowest BCUT2D eigenvalue weighted by Crippen LogP contribution is -2.16. The van der Waals surface area contributed by atoms with Crippen molar-refractivity contribution in [1.29, 1.82) is 0 Å². The molecule has 0 amide bonds. The maximum atomic E-state index is 14.3. The Balaban J connectivity index is 2.34. The average molecular weight is 332 g/mol. The van der Waals surface area contributed by atoms with E-state index in [1.165, 1.54) is 6.07 Å². The number of hydrogen-bond acceptors (Lipinski definition) is 2. The van der Waals surface area contributed by atoms with Gasteiger partial charge >= 0.3 is 0 Å². The Morgan fingerprint density at radius 2 is 2.00 bits per heavy atom. The van der Waals surface area contributed by atoms with E-state index < -0.39 is 0 Å². The topological polar surface area (TPSA) is 15.6 Å². The molecule has 0 fully saturated rings. The fraction of sp³-hybridized carbons (Fsp3) is 0.136. The van der Waals surface area contributed by atoms with E-state index in [0.717, 1.165) is 28.0 Å². The summed E-state index contributed by atoms with van der Waals surface area (Å²) in [5, 5.41) is 0. The number of allylic oxidation sites excluding steroid dienone is 2. The van der Waals surface area contributed by atoms with E-state index in [2.05, 4.69) is 24.2 Å². The number of aryl methyl sites for hydroxylation is 1. The van der Waals surface area contributed by atoms with E-state index in [-0.39, 0.29) is 11.5 Å². The Morgan fingerprint density at radius 1 is 1.32 bits per heavy atom. The Labute approximate surface area is 149 Å². The second-order valence-electron chi connectivity index (χ2n) is 5.77. The lowest BCUT2D eigenvalue weighted by molar-refractivity contribution is 0.474. The van der Waals surface area contributed by atoms with Crippen molar-refractivity contribution in [3.05, 3.63) is 83.2 Å². The number of terminal acetylenes is 1. The van der Waals surface area contributed by atoms with Gasteiger partial charge in [0.2, 0.25) is 0 Å². The van der Waals surface area contributed by atoms with E-state index in [0.29, 0.717) is 6.54 Å². The van der Waals surface area contributed by atoms with Gasteiger partial charge in [0.1, 0.15) is 11.5 Å². The van der Waals surface area contributed by atoms with Crippen LogP contribution in [0.25, 0.3) is 5.70 Å². The molecule has 0 heterocycles. The summed E-state index contributed by atoms with van der Waals surface area (Å²) >= 11 is 0. The zero-order valence-electron chi connectivity index (χ0n) is 14.6. The molecule has 0 aromatic heterocycles. The van der Waals surface area contributed by atoms with Crippen molar-refractivity contribution in [1.82, 2.24) is 4.90 Å². The third kappa shape index (κ3) is 4.24. The molecule has 25 heavy (non-hydrogen) atoms. The molecular weight excluding hydrogens is 311 g/mol. The fourth-order valence-electron chi connectivity index (χ4n) is 2.71. The highest BCUT2D eigenvalue weighted by atomic mass is 19.1. The number of nitrogens with zero attached hydrogens (tertiary/aromatic N) is 2. The largest absolute Gasteiger partial charge is 0.370 e. The zero-order chi connectivity index (χ0) is 18.4. The smallest absolute Gasteiger partial charge is 0.149 e. The van der Waals surface area contributed by atoms with Crippen LogP contribution < -0.4 is 0 Å². The molecule has 126 valence electrons. The molecular formula is C22H21FN2. The molecule has 0 aliphatic rings. The van der Waals surface area contributed by atoms with Crippen LogP contribution in [0, 0.1) is 25.1 Å². The molecule has 3 heteroatoms. The third-order valence-electron chi connectivity index (χ3n) is 3.94. The lowest BCUT2D eigenvalue weighted by atomic mass is 10.0. The molecule has 0 spiro atoms. The first kappa shape index (κ1) is 18.2. The van der Waals surface area contributed by atoms with Crippen LogP contribution in [-0.2, 0) is 6.54 Å². The van der Waals surface area contributed by atoms with Crippen molar-refractivity contribution in [2.45, 2.75) is 13.5 Å². The molecule has 0 bridgehead atoms. The quantitative estimate of drug-likeness (QED) is 0.408. The summed E-state index contributed by atoms with van der Waals surface area (Å²) in [5.41, 5.74) is 4.62. The number of benzene rings is 2. The molecule has 0 saturated heterocycles. The van der Waals surface area contributed by atoms with Gasteiger partial charge in [-0.15, -0.1) is 6.42 Å². The number of rotatable bonds is 6. The van der Waals surface area contributed by atoms with E-state index in [1.54, 1.807) is 6.08 Å². The van der Waals surface area contributed by atoms with E-state index in [9.17, 15) is 4.39 Å². The first-order chi connectivity index (χ1) is 12.0. The first-order valence-corrected chi connectivity index (χ1v) is 7.86. The SMILES string of the molecule is C#Cc1ccc(CN(C)/C(=C\C=C)c2cc(C)c(N=C)c(F)c2)cc1. The number of hydrogen-bond donors (Lipinski definition) is 0. The van der Waals surface area contributed by atoms with Crippen LogP contribution in [0.3, 0.4) is 0 Å². The minimum absolute atomic E-state index is 0.286. The van der Waals surface area contributed by atoms with Crippen LogP contribution in [0.2, 0.25) is 0 Å². The van der Waals surface area contributed by atoms with E-state index in [4.69, 9.17) is 6.42 Å². The van der Waals surface area contributed by atoms with Gasteiger partial charge in [0.25, 0.3) is 0 Å². The van der Waals surface area contributed by atoms with Crippen LogP contribution >= 0.6 is 0 Å². The first-order valence-electron chi connectivity index (χ1n) is 7.86. The van der Waals surface area contributed by atoms with Crippen molar-refractivity contribution >= 4 is 18.1 Å². The van der Waals surface area contributed by atoms with Crippen LogP contribution in [0.5, 0.6) is 0 Å². The second-order valence-corrected chi connectivity index (χ2v) is 5.77. The van der Waals surface area contributed by atoms with Crippen LogP contribution in [-0.4, -0.2) is 18.7 Å². The summed E-state index contributed by atoms with van der Waals surface area (Å²) in [5.74, 6) is 2.22. The van der Waals surface area contributed by atoms with Gasteiger partial charge < -0.3 is 4.90 Å². The van der Waals surface area contributed by atoms with Crippen molar-refractivity contribution < 1.29 is 4.39 Å². The monoisotopic (exact) mass is 332 g/mol. The van der Waals surface area contributed by atoms with Crippen molar-refractivity contribution in [2.75, 3.05) is 7.05 Å². The highest BCUT2D eigenvalue weighted by molar-refractivity contribution is 5.69. The van der Waals surface area contributed by atoms with Crippen LogP contribution in [0.1, 0.15) is 22.3 Å². The summed E-state index contributed by atoms with van der Waals surface area (Å²) < 4.78 is 14.3. The molecule has 2 aromatic rings. The van der Waals surface area contributed by atoms with Gasteiger partial charge in [0, 0.05) is 30.4 Å². The van der Waals surface area contributed by atoms with Gasteiger partial charge in [0.15, 0.2) is 0 Å². The molecule has 0 unspecified atom stereocenters. The maximum absolute atomic E-state index is 14.3. The summed E-state index contributed by atoms with van der Waals surface area (Å²) in [7, 11) is 1.96. The number of halogens is 1. The van der Waals surface area contributed by atoms with Gasteiger partial charge in [-0.3, -0.25) is 4.99 Å². The Hall–Kier alpha value is -3.12. The van der Waals surface area contributed by atoms with Gasteiger partial charge in [-0.1, -0.05) is 30.7 Å². The van der Waals surface area contributed by atoms with Crippen molar-refractivity contribution in [3.63, 3.8) is 0 Å². The molecule has 0 atom stereocenters. The normalized spacial score (nSPS) is 10.9. The standard InChI is InChI=1S/C22H21FN2/c1-6-8-21(19-13-16(3)22(24-4)20(23)14-19)25(5)15-18-11-9-17(7-2)10-12-18/h2,6,8-14H,1,4,15H2,3,5H3/b21-8-. The summed E-state index contributed by atoms with van der Waals surface area (Å²) in [6.45, 7) is 9.67. The molecule has 0 aliphatic carbocycles. The van der Waals surface area contributed by atoms with Crippen molar-refractivity contribution in [3.8, 4) is 12.3 Å². The summed E-state index contributed by atoms with van der Waals surface area (Å²) in [6.07, 6.45) is 8.95. The second kappa shape index (κ2) is 8.12. The Bertz CT molecular complexity index is 832. The number of aliphatic imine (C=N–C) groups is 1. The van der Waals surface area contributed by atoms with Gasteiger partial charge in [0.05, 0.1) is 0 Å². The third-order valence-corrected chi connectivity index (χ3v) is 3.94. The average Bonchev–Trinajstić information content (AvgIpc) is 2.60. The minimum atomic E-state index is -0.383. The molecule has 0 aliphatic heterocycles. The summed E-state index contributed by atoms with van der Waals surface area (Å²) in [6, 6.07) is 11.2. The molecule has 2 nitrogen and oxygen atoms in total. The van der Waals surface area contributed by atoms with Crippen LogP contribution in [0.15, 0.2) is 60.1 Å². The Morgan fingerprint density at radius 3 is 2.52 bits per heavy atom. The molecule has 2 aromatic carbocycles. The fourth-order valence-corrected chi connectivity index (χ4v) is 2.71. The van der Waals surface area contributed by atoms with Gasteiger partial charge in [-0.2, -0.15) is 0 Å². The molecule has 2 rings (SSSR count). The highest BCUT2D eigenvalue weighted by Gasteiger charge is 2.13. The predicted molar refractivity (Wildman–Crippen MR) is 104 cm³/mol. The molecule has 0 N–H and O–H groups in total. The van der Waals surface area contributed by atoms with Crippen molar-refractivity contribution in [2.24, 2.45) is 4.99 Å². The van der Waals surface area contributed by atoms with E-state index in [1.807, 2.05) is 55.3 Å². The van der Waals surface area contributed by atoms with Crippen LogP contribution in [0.4, 0.5) is 10.1 Å². The zero-order valence-corrected chi connectivity index (χ0v) is 14.6. The van der Waals surface area contributed by atoms with E-state index >= 15 is 0 Å². The highest BCUT2D eigenvalue weighted by Crippen LogP contribution is 2.29. The lowest BCUT2D eigenvalue weighted by Gasteiger charge is -2.24. The van der Waals surface area contributed by atoms with Gasteiger partial charge in [-0.05, 0) is 55.1 Å². The molecule has 0 saturated carbocycles. The summed E-state index contributed by atoms with van der Waals surface area (Å²) in [4.78, 5) is 5.79. The maximum Gasteiger partial charge on any atom is 0.149 e. The molecule has 0 radical (unpaired) electrons. The Kier molecular flexibility index (Phi) is 5.92. The minimum Gasteiger partial charge on any atom is -0.370 e. The predicted octanol–water partition coefficient (Wildman–Crippen LogP) is 5.11. The van der Waals surface area contributed by atoms with Gasteiger partial charge in [-0.25, -0.2) is 4.39 Å².